The van der Waals surface area contributed by atoms with Crippen molar-refractivity contribution < 1.29 is 39.3 Å². The van der Waals surface area contributed by atoms with E-state index in [1.165, 1.54) is 18.4 Å². The summed E-state index contributed by atoms with van der Waals surface area (Å²) < 4.78 is 17.8. The van der Waals surface area contributed by atoms with Crippen molar-refractivity contribution in [2.75, 3.05) is 7.11 Å². The SMILES string of the molecule is COC1(c2ccc(C#N)c(O[C@@H]3OC(C)[C@H](O)C(O)[C@@H]3O)c2)OOC12C1CCCC2C2=C(CCCC2)C1. The lowest BCUT2D eigenvalue weighted by atomic mass is 9.53. The molecule has 9 atom stereocenters. The molecular weight excluding hydrogens is 478 g/mol. The van der Waals surface area contributed by atoms with E-state index in [-0.39, 0.29) is 23.1 Å². The summed E-state index contributed by atoms with van der Waals surface area (Å²) in [6.45, 7) is 1.58. The molecule has 0 radical (unpaired) electrons. The van der Waals surface area contributed by atoms with E-state index in [4.69, 9.17) is 24.0 Å². The molecule has 1 saturated carbocycles. The van der Waals surface area contributed by atoms with Gasteiger partial charge in [0.25, 0.3) is 5.79 Å². The van der Waals surface area contributed by atoms with Crippen molar-refractivity contribution in [3.63, 3.8) is 0 Å². The number of rotatable bonds is 4. The Hall–Kier alpha value is -2.03. The van der Waals surface area contributed by atoms with Crippen LogP contribution in [0.15, 0.2) is 29.3 Å². The van der Waals surface area contributed by atoms with Crippen molar-refractivity contribution in [3.8, 4) is 11.8 Å². The maximum Gasteiger partial charge on any atom is 0.261 e. The summed E-state index contributed by atoms with van der Waals surface area (Å²) in [5.41, 5.74) is 3.32. The molecule has 37 heavy (non-hydrogen) atoms. The molecule has 0 amide bonds. The number of methoxy groups -OCH3 is 1. The van der Waals surface area contributed by atoms with Gasteiger partial charge in [-0.3, -0.25) is 0 Å². The minimum atomic E-state index is -1.50. The van der Waals surface area contributed by atoms with E-state index in [0.717, 1.165) is 38.5 Å². The molecule has 2 heterocycles. The Morgan fingerprint density at radius 2 is 1.84 bits per heavy atom. The highest BCUT2D eigenvalue weighted by Crippen LogP contribution is 2.66. The average Bonchev–Trinajstić information content (AvgIpc) is 2.90. The molecular formula is C28H35NO8. The van der Waals surface area contributed by atoms with Gasteiger partial charge in [-0.25, -0.2) is 4.89 Å². The van der Waals surface area contributed by atoms with E-state index in [2.05, 4.69) is 6.07 Å². The quantitative estimate of drug-likeness (QED) is 0.411. The lowest BCUT2D eigenvalue weighted by Gasteiger charge is -2.65. The maximum absolute atomic E-state index is 10.5. The third kappa shape index (κ3) is 3.54. The number of hydrogen-bond acceptors (Lipinski definition) is 9. The van der Waals surface area contributed by atoms with Crippen LogP contribution in [0.2, 0.25) is 0 Å². The summed E-state index contributed by atoms with van der Waals surface area (Å²) in [6, 6.07) is 7.24. The lowest BCUT2D eigenvalue weighted by molar-refractivity contribution is -0.639. The highest BCUT2D eigenvalue weighted by atomic mass is 17.3. The summed E-state index contributed by atoms with van der Waals surface area (Å²) >= 11 is 0. The molecule has 6 unspecified atom stereocenters. The van der Waals surface area contributed by atoms with Gasteiger partial charge < -0.3 is 29.5 Å². The molecule has 3 aliphatic carbocycles. The Morgan fingerprint density at radius 1 is 1.03 bits per heavy atom. The number of aliphatic hydroxyl groups is 3. The molecule has 6 rings (SSSR count). The molecule has 3 N–H and O–H groups in total. The predicted molar refractivity (Wildman–Crippen MR) is 129 cm³/mol. The van der Waals surface area contributed by atoms with Gasteiger partial charge in [0.2, 0.25) is 6.29 Å². The van der Waals surface area contributed by atoms with Crippen LogP contribution in [0.5, 0.6) is 5.75 Å². The monoisotopic (exact) mass is 513 g/mol. The smallest absolute Gasteiger partial charge is 0.261 e. The van der Waals surface area contributed by atoms with E-state index in [1.54, 1.807) is 37.8 Å². The van der Waals surface area contributed by atoms with Gasteiger partial charge in [0.15, 0.2) is 5.60 Å². The van der Waals surface area contributed by atoms with Crippen molar-refractivity contribution in [1.82, 2.24) is 0 Å². The molecule has 9 nitrogen and oxygen atoms in total. The number of aliphatic hydroxyl groups excluding tert-OH is 3. The molecule has 5 aliphatic rings. The molecule has 9 heteroatoms. The number of nitrogens with zero attached hydrogens (tertiary/aromatic N) is 1. The molecule has 1 aromatic carbocycles. The van der Waals surface area contributed by atoms with Crippen LogP contribution in [0.4, 0.5) is 0 Å². The fourth-order valence-corrected chi connectivity index (χ4v) is 7.49. The number of ether oxygens (including phenoxy) is 3. The van der Waals surface area contributed by atoms with Crippen LogP contribution in [-0.4, -0.2) is 58.7 Å². The summed E-state index contributed by atoms with van der Waals surface area (Å²) in [6.07, 6.45) is 2.62. The van der Waals surface area contributed by atoms with E-state index < -0.39 is 42.1 Å². The number of fused-ring (bicyclic) bond motifs is 1. The Labute approximate surface area is 216 Å². The minimum absolute atomic E-state index is 0.167. The minimum Gasteiger partial charge on any atom is -0.461 e. The van der Waals surface area contributed by atoms with E-state index >= 15 is 0 Å². The first kappa shape index (κ1) is 25.3. The Kier molecular flexibility index (Phi) is 6.36. The van der Waals surface area contributed by atoms with Crippen LogP contribution in [0.3, 0.4) is 0 Å². The third-order valence-corrected chi connectivity index (χ3v) is 9.34. The fourth-order valence-electron chi connectivity index (χ4n) is 7.49. The zero-order chi connectivity index (χ0) is 25.9. The number of allylic oxidation sites excluding steroid dienone is 1. The van der Waals surface area contributed by atoms with Gasteiger partial charge >= 0.3 is 0 Å². The second-order valence-corrected chi connectivity index (χ2v) is 11.1. The molecule has 200 valence electrons. The number of hydrogen-bond donors (Lipinski definition) is 3. The van der Waals surface area contributed by atoms with Crippen LogP contribution >= 0.6 is 0 Å². The van der Waals surface area contributed by atoms with Crippen LogP contribution in [0.25, 0.3) is 0 Å². The molecule has 2 aliphatic heterocycles. The summed E-state index contributed by atoms with van der Waals surface area (Å²) in [5, 5.41) is 40.5. The predicted octanol–water partition coefficient (Wildman–Crippen LogP) is 2.95. The van der Waals surface area contributed by atoms with Crippen LogP contribution in [-0.2, 0) is 25.0 Å². The van der Waals surface area contributed by atoms with Crippen LogP contribution < -0.4 is 4.74 Å². The molecule has 2 bridgehead atoms. The Morgan fingerprint density at radius 3 is 2.57 bits per heavy atom. The molecule has 1 spiro atoms. The van der Waals surface area contributed by atoms with Crippen molar-refractivity contribution in [1.29, 1.82) is 5.26 Å². The highest BCUT2D eigenvalue weighted by Gasteiger charge is 2.75. The third-order valence-electron chi connectivity index (χ3n) is 9.34. The van der Waals surface area contributed by atoms with E-state index in [1.807, 2.05) is 0 Å². The largest absolute Gasteiger partial charge is 0.461 e. The van der Waals surface area contributed by atoms with Gasteiger partial charge in [0.05, 0.1) is 11.7 Å². The standard InChI is InChI=1S/C28H35NO8/c1-15-23(30)24(31)25(32)26(34-15)35-22-13-19(11-10-17(22)14-29)28(33-2)27(36-37-28)18-7-5-9-21(27)20-8-4-3-6-16(20)12-18/h10-11,13,15,18,21,23-26,30-32H,3-9,12H2,1-2H3/t15?,18?,21?,23-,24?,25-,26-,27?,28?/m0/s1. The van der Waals surface area contributed by atoms with Gasteiger partial charge in [-0.15, -0.1) is 0 Å². The Balaban J connectivity index is 1.38. The van der Waals surface area contributed by atoms with Gasteiger partial charge in [-0.1, -0.05) is 23.6 Å². The fraction of sp³-hybridized carbons (Fsp3) is 0.679. The summed E-state index contributed by atoms with van der Waals surface area (Å²) in [7, 11) is 1.62. The van der Waals surface area contributed by atoms with Crippen molar-refractivity contribution >= 4 is 0 Å². The number of benzene rings is 1. The number of nitriles is 1. The van der Waals surface area contributed by atoms with E-state index in [0.29, 0.717) is 5.56 Å². The first-order chi connectivity index (χ1) is 17.9. The van der Waals surface area contributed by atoms with Crippen LogP contribution in [0, 0.1) is 23.2 Å². The van der Waals surface area contributed by atoms with Gasteiger partial charge in [0.1, 0.15) is 30.1 Å². The van der Waals surface area contributed by atoms with Gasteiger partial charge in [0, 0.05) is 24.5 Å². The maximum atomic E-state index is 10.5. The average molecular weight is 514 g/mol. The first-order valence-corrected chi connectivity index (χ1v) is 13.4. The van der Waals surface area contributed by atoms with Crippen molar-refractivity contribution in [2.45, 2.75) is 100 Å². The summed E-state index contributed by atoms with van der Waals surface area (Å²) in [4.78, 5) is 12.1. The lowest BCUT2D eigenvalue weighted by Crippen LogP contribution is -2.74. The molecule has 3 fully saturated rings. The van der Waals surface area contributed by atoms with Crippen molar-refractivity contribution in [3.05, 3.63) is 40.5 Å². The summed E-state index contributed by atoms with van der Waals surface area (Å²) in [5.74, 6) is -0.567. The zero-order valence-electron chi connectivity index (χ0n) is 21.3. The van der Waals surface area contributed by atoms with Crippen molar-refractivity contribution in [2.24, 2.45) is 11.8 Å². The topological polar surface area (TPSA) is 131 Å². The highest BCUT2D eigenvalue weighted by molar-refractivity contribution is 5.48. The molecule has 1 aromatic rings. The van der Waals surface area contributed by atoms with E-state index in [9.17, 15) is 20.6 Å². The Bertz CT molecular complexity index is 1130. The van der Waals surface area contributed by atoms with Crippen LogP contribution in [0.1, 0.15) is 69.4 Å². The molecule has 0 aromatic heterocycles. The normalized spacial score (nSPS) is 43.1. The zero-order valence-corrected chi connectivity index (χ0v) is 21.3. The van der Waals surface area contributed by atoms with Gasteiger partial charge in [-0.2, -0.15) is 10.1 Å². The van der Waals surface area contributed by atoms with Gasteiger partial charge in [-0.05, 0) is 64.0 Å². The first-order valence-electron chi connectivity index (χ1n) is 13.4. The molecule has 2 saturated heterocycles. The second-order valence-electron chi connectivity index (χ2n) is 11.1. The second kappa shape index (κ2) is 9.31.